The number of hydrogen-bond acceptors (Lipinski definition) is 5. The lowest BCUT2D eigenvalue weighted by atomic mass is 10.0. The highest BCUT2D eigenvalue weighted by Crippen LogP contribution is 2.35. The van der Waals surface area contributed by atoms with Gasteiger partial charge in [-0.15, -0.1) is 11.3 Å². The summed E-state index contributed by atoms with van der Waals surface area (Å²) in [6.07, 6.45) is 1.32. The van der Waals surface area contributed by atoms with E-state index in [9.17, 15) is 16.8 Å². The zero-order chi connectivity index (χ0) is 22.4. The average molecular weight is 497 g/mol. The van der Waals surface area contributed by atoms with Crippen molar-refractivity contribution in [2.45, 2.75) is 35.8 Å². The molecule has 10 heteroatoms. The van der Waals surface area contributed by atoms with Crippen LogP contribution in [0.15, 0.2) is 56.9 Å². The second-order valence-corrected chi connectivity index (χ2v) is 12.5. The van der Waals surface area contributed by atoms with Gasteiger partial charge < -0.3 is 0 Å². The van der Waals surface area contributed by atoms with E-state index in [1.54, 1.807) is 61.7 Å². The van der Waals surface area contributed by atoms with Gasteiger partial charge in [0.1, 0.15) is 4.21 Å². The number of benzene rings is 2. The molecule has 3 aromatic rings. The van der Waals surface area contributed by atoms with Gasteiger partial charge in [0.05, 0.1) is 10.6 Å². The molecule has 0 fully saturated rings. The van der Waals surface area contributed by atoms with Crippen LogP contribution in [0.3, 0.4) is 0 Å². The van der Waals surface area contributed by atoms with Crippen LogP contribution in [-0.4, -0.2) is 23.4 Å². The highest BCUT2D eigenvalue weighted by atomic mass is 35.5. The van der Waals surface area contributed by atoms with E-state index in [4.69, 9.17) is 11.6 Å². The minimum Gasteiger partial charge on any atom is -0.280 e. The molecule has 0 atom stereocenters. The maximum atomic E-state index is 13.0. The molecule has 1 aliphatic heterocycles. The Hall–Kier alpha value is -2.07. The van der Waals surface area contributed by atoms with Gasteiger partial charge in [-0.3, -0.25) is 9.03 Å². The Bertz CT molecular complexity index is 1350. The fraction of sp³-hybridized carbons (Fsp3) is 0.238. The molecule has 0 bridgehead atoms. The SMILES string of the molecule is Cc1cc(S(=O)(=O)Nc2ccc3c(c2)CCCN3S(=O)(=O)c2cccs2)c(C)cc1Cl. The maximum absolute atomic E-state index is 13.0. The fourth-order valence-corrected chi connectivity index (χ4v) is 7.87. The number of aryl methyl sites for hydroxylation is 3. The van der Waals surface area contributed by atoms with Gasteiger partial charge in [-0.05, 0) is 85.2 Å². The summed E-state index contributed by atoms with van der Waals surface area (Å²) < 4.78 is 56.3. The van der Waals surface area contributed by atoms with Crippen molar-refractivity contribution in [1.29, 1.82) is 0 Å². The first-order valence-corrected chi connectivity index (χ1v) is 13.8. The van der Waals surface area contributed by atoms with Crippen LogP contribution in [0.5, 0.6) is 0 Å². The number of fused-ring (bicyclic) bond motifs is 1. The average Bonchev–Trinajstić information content (AvgIpc) is 3.25. The Balaban J connectivity index is 1.67. The van der Waals surface area contributed by atoms with E-state index >= 15 is 0 Å². The molecule has 31 heavy (non-hydrogen) atoms. The lowest BCUT2D eigenvalue weighted by molar-refractivity contribution is 0.588. The van der Waals surface area contributed by atoms with E-state index in [-0.39, 0.29) is 4.90 Å². The molecule has 0 saturated heterocycles. The van der Waals surface area contributed by atoms with E-state index in [1.165, 1.54) is 15.6 Å². The predicted octanol–water partition coefficient (Wildman–Crippen LogP) is 4.96. The summed E-state index contributed by atoms with van der Waals surface area (Å²) in [5.74, 6) is 0. The normalized spacial score (nSPS) is 14.4. The Morgan fingerprint density at radius 3 is 2.52 bits per heavy atom. The van der Waals surface area contributed by atoms with E-state index in [0.29, 0.717) is 51.1 Å². The Morgan fingerprint density at radius 1 is 1.03 bits per heavy atom. The number of anilines is 2. The summed E-state index contributed by atoms with van der Waals surface area (Å²) in [5, 5.41) is 2.24. The van der Waals surface area contributed by atoms with Crippen LogP contribution in [0.4, 0.5) is 11.4 Å². The number of rotatable bonds is 5. The summed E-state index contributed by atoms with van der Waals surface area (Å²) in [5.41, 5.74) is 2.99. The minimum atomic E-state index is -3.83. The van der Waals surface area contributed by atoms with Crippen LogP contribution in [-0.2, 0) is 26.5 Å². The van der Waals surface area contributed by atoms with Gasteiger partial charge in [0.15, 0.2) is 0 Å². The molecule has 0 aliphatic carbocycles. The fourth-order valence-electron chi connectivity index (χ4n) is 3.65. The zero-order valence-corrected chi connectivity index (χ0v) is 20.1. The Labute approximate surface area is 191 Å². The van der Waals surface area contributed by atoms with E-state index in [2.05, 4.69) is 4.72 Å². The highest BCUT2D eigenvalue weighted by Gasteiger charge is 2.30. The van der Waals surface area contributed by atoms with Crippen molar-refractivity contribution in [3.8, 4) is 0 Å². The molecule has 0 amide bonds. The highest BCUT2D eigenvalue weighted by molar-refractivity contribution is 7.94. The molecule has 0 unspecified atom stereocenters. The molecule has 0 saturated carbocycles. The number of halogens is 1. The van der Waals surface area contributed by atoms with Gasteiger partial charge in [0, 0.05) is 17.3 Å². The third kappa shape index (κ3) is 4.19. The van der Waals surface area contributed by atoms with Crippen molar-refractivity contribution in [3.63, 3.8) is 0 Å². The van der Waals surface area contributed by atoms with Crippen LogP contribution >= 0.6 is 22.9 Å². The smallest absolute Gasteiger partial charge is 0.273 e. The number of nitrogens with one attached hydrogen (secondary N) is 1. The largest absolute Gasteiger partial charge is 0.280 e. The quantitative estimate of drug-likeness (QED) is 0.541. The Morgan fingerprint density at radius 2 is 1.81 bits per heavy atom. The molecule has 4 rings (SSSR count). The van der Waals surface area contributed by atoms with Crippen molar-refractivity contribution >= 4 is 54.4 Å². The standard InChI is InChI=1S/C21H21ClN2O4S3/c1-14-12-20(15(2)11-18(14)22)30(25,26)23-17-7-8-19-16(13-17)5-3-9-24(19)31(27,28)21-6-4-10-29-21/h4,6-8,10-13,23H,3,5,9H2,1-2H3. The maximum Gasteiger partial charge on any atom is 0.273 e. The number of nitrogens with zero attached hydrogens (tertiary/aromatic N) is 1. The molecule has 2 aromatic carbocycles. The van der Waals surface area contributed by atoms with Gasteiger partial charge in [-0.25, -0.2) is 16.8 Å². The summed E-state index contributed by atoms with van der Waals surface area (Å²) in [6.45, 7) is 3.84. The van der Waals surface area contributed by atoms with E-state index in [1.807, 2.05) is 0 Å². The van der Waals surface area contributed by atoms with Crippen LogP contribution in [0.1, 0.15) is 23.1 Å². The van der Waals surface area contributed by atoms with Gasteiger partial charge in [-0.1, -0.05) is 17.7 Å². The second kappa shape index (κ2) is 8.12. The molecule has 6 nitrogen and oxygen atoms in total. The molecule has 0 spiro atoms. The summed E-state index contributed by atoms with van der Waals surface area (Å²) in [7, 11) is -7.46. The lowest BCUT2D eigenvalue weighted by Gasteiger charge is -2.30. The monoisotopic (exact) mass is 496 g/mol. The van der Waals surface area contributed by atoms with Crippen molar-refractivity contribution in [2.75, 3.05) is 15.6 Å². The van der Waals surface area contributed by atoms with Crippen LogP contribution in [0.2, 0.25) is 5.02 Å². The van der Waals surface area contributed by atoms with Crippen molar-refractivity contribution in [3.05, 3.63) is 69.6 Å². The van der Waals surface area contributed by atoms with Crippen molar-refractivity contribution in [1.82, 2.24) is 0 Å². The first-order valence-electron chi connectivity index (χ1n) is 9.58. The molecule has 2 heterocycles. The first kappa shape index (κ1) is 22.1. The van der Waals surface area contributed by atoms with E-state index < -0.39 is 20.0 Å². The first-order chi connectivity index (χ1) is 14.6. The van der Waals surface area contributed by atoms with Crippen LogP contribution < -0.4 is 9.03 Å². The molecule has 164 valence electrons. The van der Waals surface area contributed by atoms with Gasteiger partial charge in [0.25, 0.3) is 20.0 Å². The topological polar surface area (TPSA) is 83.6 Å². The van der Waals surface area contributed by atoms with Gasteiger partial charge in [0.2, 0.25) is 0 Å². The van der Waals surface area contributed by atoms with Crippen LogP contribution in [0, 0.1) is 13.8 Å². The van der Waals surface area contributed by atoms with Crippen molar-refractivity contribution in [2.24, 2.45) is 0 Å². The number of thiophene rings is 1. The molecule has 0 radical (unpaired) electrons. The Kier molecular flexibility index (Phi) is 5.80. The lowest BCUT2D eigenvalue weighted by Crippen LogP contribution is -2.35. The number of sulfonamides is 2. The second-order valence-electron chi connectivity index (χ2n) is 7.43. The van der Waals surface area contributed by atoms with Gasteiger partial charge >= 0.3 is 0 Å². The third-order valence-corrected chi connectivity index (χ3v) is 10.3. The van der Waals surface area contributed by atoms with Crippen molar-refractivity contribution < 1.29 is 16.8 Å². The summed E-state index contributed by atoms with van der Waals surface area (Å²) >= 11 is 7.27. The molecule has 1 aromatic heterocycles. The summed E-state index contributed by atoms with van der Waals surface area (Å²) in [4.78, 5) is 0.161. The molecular formula is C21H21ClN2O4S3. The molecular weight excluding hydrogens is 476 g/mol. The van der Waals surface area contributed by atoms with Crippen LogP contribution in [0.25, 0.3) is 0 Å². The minimum absolute atomic E-state index is 0.161. The van der Waals surface area contributed by atoms with E-state index in [0.717, 1.165) is 5.56 Å². The molecule has 1 N–H and O–H groups in total. The number of hydrogen-bond donors (Lipinski definition) is 1. The molecule has 1 aliphatic rings. The third-order valence-electron chi connectivity index (χ3n) is 5.19. The predicted molar refractivity (Wildman–Crippen MR) is 125 cm³/mol. The van der Waals surface area contributed by atoms with Gasteiger partial charge in [-0.2, -0.15) is 0 Å². The zero-order valence-electron chi connectivity index (χ0n) is 16.9. The summed E-state index contributed by atoms with van der Waals surface area (Å²) in [6, 6.07) is 11.4.